The van der Waals surface area contributed by atoms with Crippen LogP contribution in [-0.2, 0) is 10.2 Å². The van der Waals surface area contributed by atoms with Gasteiger partial charge in [-0.1, -0.05) is 29.8 Å². The van der Waals surface area contributed by atoms with E-state index in [0.29, 0.717) is 17.6 Å². The van der Waals surface area contributed by atoms with Crippen LogP contribution in [0.4, 0.5) is 0 Å². The van der Waals surface area contributed by atoms with Crippen LogP contribution < -0.4 is 5.43 Å². The number of amides is 1. The lowest BCUT2D eigenvalue weighted by atomic mass is 9.42. The third-order valence-corrected chi connectivity index (χ3v) is 7.11. The van der Waals surface area contributed by atoms with Gasteiger partial charge in [0.25, 0.3) is 0 Å². The first-order valence-corrected chi connectivity index (χ1v) is 10.0. The summed E-state index contributed by atoms with van der Waals surface area (Å²) in [5.74, 6) is 2.06. The van der Waals surface area contributed by atoms with Crippen molar-refractivity contribution in [2.45, 2.75) is 50.9 Å². The summed E-state index contributed by atoms with van der Waals surface area (Å²) in [5, 5.41) is 4.16. The molecule has 140 valence electrons. The molecule has 4 saturated carbocycles. The highest BCUT2D eigenvalue weighted by atomic mass is 16.3. The molecule has 4 aliphatic carbocycles. The first-order valence-electron chi connectivity index (χ1n) is 10.0. The Labute approximate surface area is 160 Å². The quantitative estimate of drug-likeness (QED) is 0.639. The van der Waals surface area contributed by atoms with E-state index in [1.807, 2.05) is 12.1 Å². The van der Waals surface area contributed by atoms with Crippen molar-refractivity contribution >= 4 is 12.1 Å². The number of furan rings is 1. The third-order valence-electron chi connectivity index (χ3n) is 7.11. The highest BCUT2D eigenvalue weighted by molar-refractivity contribution is 5.85. The molecule has 4 heteroatoms. The number of carbonyl (C=O) groups excluding carboxylic acids is 1. The van der Waals surface area contributed by atoms with E-state index in [0.717, 1.165) is 19.3 Å². The Hall–Kier alpha value is -2.36. The number of hydrazone groups is 1. The molecule has 0 saturated heterocycles. The number of carbonyl (C=O) groups is 1. The number of hydrogen-bond acceptors (Lipinski definition) is 3. The zero-order valence-electron chi connectivity index (χ0n) is 15.8. The van der Waals surface area contributed by atoms with Gasteiger partial charge in [0.15, 0.2) is 0 Å². The molecular formula is C23H26N2O2. The van der Waals surface area contributed by atoms with E-state index in [-0.39, 0.29) is 16.7 Å². The fourth-order valence-electron chi connectivity index (χ4n) is 6.41. The fourth-order valence-corrected chi connectivity index (χ4v) is 6.41. The number of benzene rings is 1. The van der Waals surface area contributed by atoms with Crippen LogP contribution in [0.5, 0.6) is 0 Å². The van der Waals surface area contributed by atoms with Gasteiger partial charge in [-0.15, -0.1) is 0 Å². The molecular weight excluding hydrogens is 336 g/mol. The molecule has 4 fully saturated rings. The number of nitrogens with one attached hydrogen (secondary N) is 1. The normalized spacial score (nSPS) is 34.3. The van der Waals surface area contributed by atoms with Crippen molar-refractivity contribution in [1.82, 2.24) is 5.43 Å². The van der Waals surface area contributed by atoms with E-state index in [9.17, 15) is 4.79 Å². The Morgan fingerprint density at radius 2 is 1.89 bits per heavy atom. The Bertz CT molecular complexity index is 852. The molecule has 0 radical (unpaired) electrons. The van der Waals surface area contributed by atoms with E-state index in [1.54, 1.807) is 12.5 Å². The molecule has 0 spiro atoms. The second-order valence-electron chi connectivity index (χ2n) is 9.10. The smallest absolute Gasteiger partial charge is 0.246 e. The fraction of sp³-hybridized carbons (Fsp3) is 0.478. The molecule has 1 aromatic heterocycles. The van der Waals surface area contributed by atoms with Crippen LogP contribution in [0.25, 0.3) is 0 Å². The van der Waals surface area contributed by atoms with Gasteiger partial charge in [0.05, 0.1) is 17.9 Å². The van der Waals surface area contributed by atoms with Crippen LogP contribution in [0.1, 0.15) is 55.4 Å². The topological polar surface area (TPSA) is 54.6 Å². The largest absolute Gasteiger partial charge is 0.463 e. The van der Waals surface area contributed by atoms with Crippen molar-refractivity contribution in [1.29, 1.82) is 0 Å². The summed E-state index contributed by atoms with van der Waals surface area (Å²) in [4.78, 5) is 13.2. The molecule has 27 heavy (non-hydrogen) atoms. The number of rotatable bonds is 4. The summed E-state index contributed by atoms with van der Waals surface area (Å²) in [6.07, 6.45) is 9.92. The van der Waals surface area contributed by atoms with Gasteiger partial charge in [-0.3, -0.25) is 4.79 Å². The number of nitrogens with zero attached hydrogens (tertiary/aromatic N) is 1. The minimum Gasteiger partial charge on any atom is -0.463 e. The molecule has 1 N–H and O–H groups in total. The molecule has 2 unspecified atom stereocenters. The molecule has 4 aliphatic rings. The third kappa shape index (κ3) is 2.82. The zero-order chi connectivity index (χ0) is 18.5. The molecule has 2 atom stereocenters. The summed E-state index contributed by atoms with van der Waals surface area (Å²) < 4.78 is 5.25. The summed E-state index contributed by atoms with van der Waals surface area (Å²) >= 11 is 0. The maximum Gasteiger partial charge on any atom is 0.246 e. The van der Waals surface area contributed by atoms with E-state index in [1.165, 1.54) is 30.4 Å². The van der Waals surface area contributed by atoms with E-state index in [2.05, 4.69) is 41.7 Å². The summed E-state index contributed by atoms with van der Waals surface area (Å²) in [5.41, 5.74) is 5.45. The van der Waals surface area contributed by atoms with Crippen molar-refractivity contribution in [3.8, 4) is 0 Å². The molecule has 1 aromatic carbocycles. The maximum atomic E-state index is 13.2. The van der Waals surface area contributed by atoms with Gasteiger partial charge in [0, 0.05) is 0 Å². The Balaban J connectivity index is 1.41. The maximum absolute atomic E-state index is 13.2. The average molecular weight is 362 g/mol. The Morgan fingerprint density at radius 1 is 1.15 bits per heavy atom. The lowest BCUT2D eigenvalue weighted by molar-refractivity contribution is -0.149. The molecule has 4 bridgehead atoms. The van der Waals surface area contributed by atoms with Crippen LogP contribution in [0.15, 0.2) is 52.2 Å². The lowest BCUT2D eigenvalue weighted by Gasteiger charge is -2.61. The van der Waals surface area contributed by atoms with Crippen molar-refractivity contribution in [3.05, 3.63) is 59.5 Å². The van der Waals surface area contributed by atoms with Crippen molar-refractivity contribution in [2.24, 2.45) is 22.4 Å². The van der Waals surface area contributed by atoms with E-state index in [4.69, 9.17) is 4.42 Å². The second kappa shape index (κ2) is 6.08. The molecule has 6 rings (SSSR count). The summed E-state index contributed by atoms with van der Waals surface area (Å²) in [6.45, 7) is 2.13. The highest BCUT2D eigenvalue weighted by Gasteiger charge is 2.60. The average Bonchev–Trinajstić information content (AvgIpc) is 3.14. The summed E-state index contributed by atoms with van der Waals surface area (Å²) in [7, 11) is 0. The minimum atomic E-state index is -0.268. The highest BCUT2D eigenvalue weighted by Crippen LogP contribution is 2.65. The SMILES string of the molecule is Cc1ccc(C23CC4CC(CC(C(=O)N/N=C/c5ccco5)(C4)C2)C3)cc1. The molecule has 2 aromatic rings. The van der Waals surface area contributed by atoms with Crippen LogP contribution >= 0.6 is 0 Å². The van der Waals surface area contributed by atoms with Crippen LogP contribution in [-0.4, -0.2) is 12.1 Å². The number of hydrogen-bond donors (Lipinski definition) is 1. The lowest BCUT2D eigenvalue weighted by Crippen LogP contribution is -2.58. The summed E-state index contributed by atoms with van der Waals surface area (Å²) in [6, 6.07) is 12.7. The first-order chi connectivity index (χ1) is 13.1. The van der Waals surface area contributed by atoms with Crippen molar-refractivity contribution < 1.29 is 9.21 Å². The van der Waals surface area contributed by atoms with Crippen molar-refractivity contribution in [3.63, 3.8) is 0 Å². The zero-order valence-corrected chi connectivity index (χ0v) is 15.8. The van der Waals surface area contributed by atoms with Crippen LogP contribution in [0, 0.1) is 24.2 Å². The van der Waals surface area contributed by atoms with Gasteiger partial charge < -0.3 is 4.42 Å². The van der Waals surface area contributed by atoms with E-state index >= 15 is 0 Å². The van der Waals surface area contributed by atoms with Gasteiger partial charge in [-0.25, -0.2) is 5.43 Å². The van der Waals surface area contributed by atoms with Crippen molar-refractivity contribution in [2.75, 3.05) is 0 Å². The van der Waals surface area contributed by atoms with Gasteiger partial charge in [-0.05, 0) is 80.4 Å². The van der Waals surface area contributed by atoms with Crippen LogP contribution in [0.3, 0.4) is 0 Å². The van der Waals surface area contributed by atoms with Crippen LogP contribution in [0.2, 0.25) is 0 Å². The monoisotopic (exact) mass is 362 g/mol. The standard InChI is InChI=1S/C23H26N2O2/c1-16-4-6-19(7-5-16)22-10-17-9-18(11-22)13-23(12-17,15-22)21(26)25-24-14-20-3-2-8-27-20/h2-8,14,17-18H,9-13,15H2,1H3,(H,25,26)/b24-14+. The van der Waals surface area contributed by atoms with Gasteiger partial charge in [0.1, 0.15) is 5.76 Å². The van der Waals surface area contributed by atoms with Gasteiger partial charge in [0.2, 0.25) is 5.91 Å². The predicted molar refractivity (Wildman–Crippen MR) is 104 cm³/mol. The van der Waals surface area contributed by atoms with Gasteiger partial charge >= 0.3 is 0 Å². The number of aryl methyl sites for hydroxylation is 1. The molecule has 1 amide bonds. The van der Waals surface area contributed by atoms with Gasteiger partial charge in [-0.2, -0.15) is 5.10 Å². The Kier molecular flexibility index (Phi) is 3.78. The van der Waals surface area contributed by atoms with E-state index < -0.39 is 0 Å². The molecule has 4 nitrogen and oxygen atoms in total. The first kappa shape index (κ1) is 16.8. The minimum absolute atomic E-state index is 0.0934. The molecule has 0 aliphatic heterocycles. The predicted octanol–water partition coefficient (Wildman–Crippen LogP) is 4.58. The second-order valence-corrected chi connectivity index (χ2v) is 9.10. The molecule has 1 heterocycles. The Morgan fingerprint density at radius 3 is 2.56 bits per heavy atom.